The minimum Gasteiger partial charge on any atom is -0.477 e. The smallest absolute Gasteiger partial charge is 0.433 e. The predicted molar refractivity (Wildman–Crippen MR) is 62.3 cm³/mol. The molecule has 1 aromatic rings. The number of pyridine rings is 1. The van der Waals surface area contributed by atoms with E-state index in [1.165, 1.54) is 0 Å². The molecule has 0 saturated heterocycles. The molecule has 0 fully saturated rings. The van der Waals surface area contributed by atoms with Crippen LogP contribution < -0.4 is 10.5 Å². The number of aliphatic hydroxyl groups excluding tert-OH is 1. The van der Waals surface area contributed by atoms with Crippen LogP contribution in [0.2, 0.25) is 0 Å². The van der Waals surface area contributed by atoms with Gasteiger partial charge in [-0.3, -0.25) is 0 Å². The zero-order valence-corrected chi connectivity index (χ0v) is 10.0. The zero-order chi connectivity index (χ0) is 13.8. The van der Waals surface area contributed by atoms with E-state index in [0.717, 1.165) is 12.1 Å². The van der Waals surface area contributed by atoms with Crippen molar-refractivity contribution in [2.24, 2.45) is 5.73 Å². The van der Waals surface area contributed by atoms with Crippen molar-refractivity contribution in [3.63, 3.8) is 0 Å². The number of hydrogen-bond donors (Lipinski definition) is 2. The van der Waals surface area contributed by atoms with Crippen LogP contribution in [-0.4, -0.2) is 28.3 Å². The number of rotatable bonds is 5. The molecule has 4 nitrogen and oxygen atoms in total. The summed E-state index contributed by atoms with van der Waals surface area (Å²) in [5.41, 5.74) is 4.41. The molecule has 18 heavy (non-hydrogen) atoms. The van der Waals surface area contributed by atoms with Crippen molar-refractivity contribution in [2.75, 3.05) is 13.2 Å². The van der Waals surface area contributed by atoms with Crippen LogP contribution in [0.4, 0.5) is 13.2 Å². The van der Waals surface area contributed by atoms with Crippen LogP contribution in [0, 0.1) is 0 Å². The maximum Gasteiger partial charge on any atom is 0.433 e. The number of hydrogen-bond acceptors (Lipinski definition) is 4. The Morgan fingerprint density at radius 1 is 1.44 bits per heavy atom. The van der Waals surface area contributed by atoms with E-state index >= 15 is 0 Å². The Morgan fingerprint density at radius 2 is 2.11 bits per heavy atom. The van der Waals surface area contributed by atoms with Crippen molar-refractivity contribution in [2.45, 2.75) is 12.6 Å². The Labute approximate surface area is 107 Å². The van der Waals surface area contributed by atoms with Crippen molar-refractivity contribution < 1.29 is 23.0 Å². The molecule has 0 radical (unpaired) electrons. The van der Waals surface area contributed by atoms with Crippen LogP contribution in [0.25, 0.3) is 0 Å². The first-order chi connectivity index (χ1) is 8.36. The maximum absolute atomic E-state index is 12.5. The van der Waals surface area contributed by atoms with E-state index in [-0.39, 0.29) is 36.1 Å². The molecule has 1 heterocycles. The summed E-state index contributed by atoms with van der Waals surface area (Å²) in [4.78, 5) is 3.24. The quantitative estimate of drug-likeness (QED) is 0.632. The van der Waals surface area contributed by atoms with E-state index in [1.54, 1.807) is 0 Å². The first kappa shape index (κ1) is 14.7. The molecule has 1 aromatic heterocycles. The normalized spacial score (nSPS) is 11.3. The monoisotopic (exact) mass is 280 g/mol. The second kappa shape index (κ2) is 5.96. The van der Waals surface area contributed by atoms with Crippen molar-refractivity contribution in [1.82, 2.24) is 4.98 Å². The molecule has 0 saturated carbocycles. The minimum absolute atomic E-state index is 0.0282. The van der Waals surface area contributed by atoms with E-state index in [1.807, 2.05) is 0 Å². The van der Waals surface area contributed by atoms with Gasteiger partial charge in [0.2, 0.25) is 5.88 Å². The van der Waals surface area contributed by atoms with Crippen LogP contribution in [0.1, 0.15) is 17.7 Å². The van der Waals surface area contributed by atoms with Gasteiger partial charge in [-0.25, -0.2) is 4.98 Å². The van der Waals surface area contributed by atoms with Crippen LogP contribution in [0.5, 0.6) is 5.88 Å². The molecule has 0 aromatic carbocycles. The number of alkyl halides is 3. The molecule has 3 N–H and O–H groups in total. The average molecular weight is 280 g/mol. The Kier molecular flexibility index (Phi) is 4.85. The summed E-state index contributed by atoms with van der Waals surface area (Å²) >= 11 is 4.69. The highest BCUT2D eigenvalue weighted by atomic mass is 32.1. The number of halogens is 3. The molecule has 0 aliphatic carbocycles. The lowest BCUT2D eigenvalue weighted by Crippen LogP contribution is -2.16. The van der Waals surface area contributed by atoms with Gasteiger partial charge in [0.05, 0.1) is 12.2 Å². The van der Waals surface area contributed by atoms with Crippen molar-refractivity contribution in [3.8, 4) is 5.88 Å². The summed E-state index contributed by atoms with van der Waals surface area (Å²) < 4.78 is 42.4. The fourth-order valence-electron chi connectivity index (χ4n) is 1.13. The second-order valence-electron chi connectivity index (χ2n) is 3.34. The fourth-order valence-corrected chi connectivity index (χ4v) is 1.28. The summed E-state index contributed by atoms with van der Waals surface area (Å²) in [6.07, 6.45) is -4.29. The first-order valence-corrected chi connectivity index (χ1v) is 5.38. The minimum atomic E-state index is -4.57. The third-order valence-corrected chi connectivity index (χ3v) is 2.18. The highest BCUT2D eigenvalue weighted by molar-refractivity contribution is 7.80. The van der Waals surface area contributed by atoms with Crippen molar-refractivity contribution >= 4 is 17.2 Å². The Hall–Kier alpha value is -1.41. The largest absolute Gasteiger partial charge is 0.477 e. The third kappa shape index (κ3) is 3.81. The van der Waals surface area contributed by atoms with Gasteiger partial charge in [-0.15, -0.1) is 0 Å². The number of aromatic nitrogens is 1. The standard InChI is InChI=1S/C10H11F3N2O2S/c11-10(12,13)7-3-2-6(8(14)18)9(15-7)17-5-1-4-16/h2-3,16H,1,4-5H2,(H2,14,18). The highest BCUT2D eigenvalue weighted by Gasteiger charge is 2.33. The average Bonchev–Trinajstić information content (AvgIpc) is 2.27. The van der Waals surface area contributed by atoms with Crippen LogP contribution in [0.15, 0.2) is 12.1 Å². The van der Waals surface area contributed by atoms with Gasteiger partial charge in [0.25, 0.3) is 0 Å². The zero-order valence-electron chi connectivity index (χ0n) is 9.20. The Morgan fingerprint density at radius 3 is 2.61 bits per heavy atom. The number of nitrogens with two attached hydrogens (primary N) is 1. The molecule has 0 aliphatic heterocycles. The van der Waals surface area contributed by atoms with E-state index < -0.39 is 11.9 Å². The molecule has 0 spiro atoms. The lowest BCUT2D eigenvalue weighted by Gasteiger charge is -2.12. The van der Waals surface area contributed by atoms with Crippen molar-refractivity contribution in [1.29, 1.82) is 0 Å². The van der Waals surface area contributed by atoms with Gasteiger partial charge >= 0.3 is 6.18 Å². The lowest BCUT2D eigenvalue weighted by molar-refractivity contribution is -0.141. The molecule has 0 bridgehead atoms. The van der Waals surface area contributed by atoms with Crippen molar-refractivity contribution in [3.05, 3.63) is 23.4 Å². The number of thiocarbonyl (C=S) groups is 1. The molecule has 0 amide bonds. The maximum atomic E-state index is 12.5. The molecule has 0 atom stereocenters. The van der Waals surface area contributed by atoms with Gasteiger partial charge in [0, 0.05) is 13.0 Å². The summed E-state index contributed by atoms with van der Waals surface area (Å²) in [6.45, 7) is -0.109. The summed E-state index contributed by atoms with van der Waals surface area (Å²) in [7, 11) is 0. The van der Waals surface area contributed by atoms with E-state index in [9.17, 15) is 13.2 Å². The van der Waals surface area contributed by atoms with E-state index in [0.29, 0.717) is 0 Å². The van der Waals surface area contributed by atoms with Gasteiger partial charge < -0.3 is 15.6 Å². The molecule has 8 heteroatoms. The number of aliphatic hydroxyl groups is 1. The SMILES string of the molecule is NC(=S)c1ccc(C(F)(F)F)nc1OCCCO. The molecular formula is C10H11F3N2O2S. The molecule has 0 unspecified atom stereocenters. The number of ether oxygens (including phenoxy) is 1. The van der Waals surface area contributed by atoms with Gasteiger partial charge in [0.1, 0.15) is 10.7 Å². The van der Waals surface area contributed by atoms with Crippen LogP contribution >= 0.6 is 12.2 Å². The summed E-state index contributed by atoms with van der Waals surface area (Å²) in [5.74, 6) is -0.272. The molecular weight excluding hydrogens is 269 g/mol. The van der Waals surface area contributed by atoms with Crippen LogP contribution in [0.3, 0.4) is 0 Å². The molecule has 0 aliphatic rings. The Balaban J connectivity index is 3.04. The summed E-state index contributed by atoms with van der Waals surface area (Å²) in [6, 6.07) is 1.90. The van der Waals surface area contributed by atoms with E-state index in [4.69, 9.17) is 27.8 Å². The van der Waals surface area contributed by atoms with E-state index in [2.05, 4.69) is 4.98 Å². The number of nitrogens with zero attached hydrogens (tertiary/aromatic N) is 1. The topological polar surface area (TPSA) is 68.4 Å². The van der Waals surface area contributed by atoms with Gasteiger partial charge in [-0.2, -0.15) is 13.2 Å². The highest BCUT2D eigenvalue weighted by Crippen LogP contribution is 2.30. The summed E-state index contributed by atoms with van der Waals surface area (Å²) in [5, 5.41) is 8.58. The van der Waals surface area contributed by atoms with Gasteiger partial charge in [-0.05, 0) is 12.1 Å². The van der Waals surface area contributed by atoms with Gasteiger partial charge in [-0.1, -0.05) is 12.2 Å². The molecule has 1 rings (SSSR count). The van der Waals surface area contributed by atoms with Gasteiger partial charge in [0.15, 0.2) is 0 Å². The molecule has 100 valence electrons. The first-order valence-electron chi connectivity index (χ1n) is 4.98. The lowest BCUT2D eigenvalue weighted by atomic mass is 10.2. The second-order valence-corrected chi connectivity index (χ2v) is 3.78. The Bertz CT molecular complexity index is 438. The fraction of sp³-hybridized carbons (Fsp3) is 0.400. The predicted octanol–water partition coefficient (Wildman–Crippen LogP) is 1.50. The third-order valence-electron chi connectivity index (χ3n) is 1.96. The van der Waals surface area contributed by atoms with Crippen LogP contribution in [-0.2, 0) is 6.18 Å².